The van der Waals surface area contributed by atoms with Gasteiger partial charge in [0.1, 0.15) is 6.10 Å². The smallest absolute Gasteiger partial charge is 0.323 e. The number of nitrogens with zero attached hydrogens (tertiary/aromatic N) is 4. The molecule has 1 aromatic rings. The van der Waals surface area contributed by atoms with Crippen LogP contribution in [0.1, 0.15) is 25.7 Å². The number of anilines is 2. The van der Waals surface area contributed by atoms with Crippen LogP contribution in [0.4, 0.5) is 11.9 Å². The number of rotatable bonds is 4. The quantitative estimate of drug-likeness (QED) is 0.601. The van der Waals surface area contributed by atoms with Gasteiger partial charge in [-0.1, -0.05) is 0 Å². The van der Waals surface area contributed by atoms with Crippen molar-refractivity contribution in [1.82, 2.24) is 15.0 Å². The van der Waals surface area contributed by atoms with Crippen molar-refractivity contribution >= 4 is 11.9 Å². The molecule has 0 amide bonds. The Bertz CT molecular complexity index is 446. The molecule has 0 spiro atoms. The second kappa shape index (κ2) is 6.19. The number of nitrogen functional groups attached to an aromatic ring is 1. The topological polar surface area (TPSA) is 98.4 Å². The highest BCUT2D eigenvalue weighted by Gasteiger charge is 2.21. The van der Waals surface area contributed by atoms with Crippen molar-refractivity contribution in [2.75, 3.05) is 36.6 Å². The largest absolute Gasteiger partial charge is 0.457 e. The molecular formula is C12H20N6O2. The molecular weight excluding hydrogens is 260 g/mol. The van der Waals surface area contributed by atoms with E-state index in [1.165, 1.54) is 6.42 Å². The van der Waals surface area contributed by atoms with Crippen molar-refractivity contribution in [1.29, 1.82) is 0 Å². The Morgan fingerprint density at radius 2 is 2.05 bits per heavy atom. The molecule has 3 N–H and O–H groups in total. The van der Waals surface area contributed by atoms with Crippen molar-refractivity contribution in [3.63, 3.8) is 0 Å². The van der Waals surface area contributed by atoms with Gasteiger partial charge in [-0.05, 0) is 19.3 Å². The van der Waals surface area contributed by atoms with Crippen LogP contribution in [0.5, 0.6) is 6.01 Å². The standard InChI is InChI=1S/C12H20N6O2/c13-17-10-14-11(18-5-2-1-3-6-18)16-12(15-10)20-9-4-7-19-8-9/h9H,1-8,13H2,(H,14,15,16,17). The normalized spacial score (nSPS) is 22.9. The Morgan fingerprint density at radius 1 is 1.20 bits per heavy atom. The van der Waals surface area contributed by atoms with Crippen LogP contribution in [-0.4, -0.2) is 47.4 Å². The van der Waals surface area contributed by atoms with Crippen LogP contribution >= 0.6 is 0 Å². The highest BCUT2D eigenvalue weighted by Crippen LogP contribution is 2.20. The van der Waals surface area contributed by atoms with Crippen LogP contribution in [0.3, 0.4) is 0 Å². The van der Waals surface area contributed by atoms with Crippen LogP contribution in [-0.2, 0) is 4.74 Å². The van der Waals surface area contributed by atoms with E-state index in [4.69, 9.17) is 15.3 Å². The molecule has 0 bridgehead atoms. The summed E-state index contributed by atoms with van der Waals surface area (Å²) in [6, 6.07) is 0.309. The van der Waals surface area contributed by atoms with Crippen molar-refractivity contribution in [2.24, 2.45) is 5.84 Å². The van der Waals surface area contributed by atoms with Crippen molar-refractivity contribution in [2.45, 2.75) is 31.8 Å². The van der Waals surface area contributed by atoms with Gasteiger partial charge in [-0.15, -0.1) is 0 Å². The Kier molecular flexibility index (Phi) is 4.12. The van der Waals surface area contributed by atoms with E-state index in [9.17, 15) is 0 Å². The Hall–Kier alpha value is -1.67. The van der Waals surface area contributed by atoms with E-state index in [2.05, 4.69) is 25.3 Å². The Labute approximate surface area is 117 Å². The van der Waals surface area contributed by atoms with Gasteiger partial charge in [-0.3, -0.25) is 5.43 Å². The van der Waals surface area contributed by atoms with Gasteiger partial charge < -0.3 is 14.4 Å². The molecule has 8 nitrogen and oxygen atoms in total. The van der Waals surface area contributed by atoms with Crippen LogP contribution in [0.2, 0.25) is 0 Å². The van der Waals surface area contributed by atoms with Crippen molar-refractivity contribution in [3.8, 4) is 6.01 Å². The Morgan fingerprint density at radius 3 is 2.75 bits per heavy atom. The minimum absolute atomic E-state index is 0.0113. The predicted molar refractivity (Wildman–Crippen MR) is 73.6 cm³/mol. The molecule has 0 saturated carbocycles. The molecule has 1 aromatic heterocycles. The zero-order valence-electron chi connectivity index (χ0n) is 11.4. The number of hydrogen-bond acceptors (Lipinski definition) is 8. The van der Waals surface area contributed by atoms with Crippen LogP contribution in [0, 0.1) is 0 Å². The fourth-order valence-corrected chi connectivity index (χ4v) is 2.45. The summed E-state index contributed by atoms with van der Waals surface area (Å²) >= 11 is 0. The number of ether oxygens (including phenoxy) is 2. The van der Waals surface area contributed by atoms with Gasteiger partial charge in [0.25, 0.3) is 0 Å². The number of nitrogens with one attached hydrogen (secondary N) is 1. The lowest BCUT2D eigenvalue weighted by Gasteiger charge is -2.26. The molecule has 1 unspecified atom stereocenters. The summed E-state index contributed by atoms with van der Waals surface area (Å²) in [5, 5.41) is 0. The molecule has 2 fully saturated rings. The average molecular weight is 280 g/mol. The van der Waals surface area contributed by atoms with Gasteiger partial charge in [0.15, 0.2) is 0 Å². The third-order valence-corrected chi connectivity index (χ3v) is 3.53. The van der Waals surface area contributed by atoms with Crippen molar-refractivity contribution in [3.05, 3.63) is 0 Å². The zero-order valence-corrected chi connectivity index (χ0v) is 11.4. The average Bonchev–Trinajstić information content (AvgIpc) is 3.00. The molecule has 3 heterocycles. The lowest BCUT2D eigenvalue weighted by atomic mass is 10.1. The predicted octanol–water partition coefficient (Wildman–Crippen LogP) is 0.315. The number of hydrazine groups is 1. The maximum atomic E-state index is 5.74. The highest BCUT2D eigenvalue weighted by molar-refractivity contribution is 5.38. The van der Waals surface area contributed by atoms with Gasteiger partial charge in [-0.25, -0.2) is 5.84 Å². The number of aromatic nitrogens is 3. The summed E-state index contributed by atoms with van der Waals surface area (Å²) in [5.74, 6) is 6.38. The van der Waals surface area contributed by atoms with E-state index in [0.29, 0.717) is 24.5 Å². The zero-order chi connectivity index (χ0) is 13.8. The van der Waals surface area contributed by atoms with Crippen molar-refractivity contribution < 1.29 is 9.47 Å². The second-order valence-electron chi connectivity index (χ2n) is 5.04. The molecule has 2 aliphatic heterocycles. The molecule has 2 saturated heterocycles. The Balaban J connectivity index is 1.77. The molecule has 0 radical (unpaired) electrons. The van der Waals surface area contributed by atoms with Crippen LogP contribution < -0.4 is 20.9 Å². The fourth-order valence-electron chi connectivity index (χ4n) is 2.45. The SMILES string of the molecule is NNc1nc(OC2CCOC2)nc(N2CCCCC2)n1. The molecule has 0 aromatic carbocycles. The third kappa shape index (κ3) is 3.07. The minimum atomic E-state index is 0.0113. The molecule has 20 heavy (non-hydrogen) atoms. The third-order valence-electron chi connectivity index (χ3n) is 3.53. The van der Waals surface area contributed by atoms with E-state index in [1.807, 2.05) is 0 Å². The molecule has 8 heteroatoms. The van der Waals surface area contributed by atoms with Gasteiger partial charge in [-0.2, -0.15) is 15.0 Å². The van der Waals surface area contributed by atoms with Gasteiger partial charge in [0.05, 0.1) is 13.2 Å². The van der Waals surface area contributed by atoms with Crippen LogP contribution in [0.25, 0.3) is 0 Å². The van der Waals surface area contributed by atoms with E-state index in [1.54, 1.807) is 0 Å². The molecule has 2 aliphatic rings. The molecule has 3 rings (SSSR count). The van der Waals surface area contributed by atoms with Crippen LogP contribution in [0.15, 0.2) is 0 Å². The maximum absolute atomic E-state index is 5.74. The van der Waals surface area contributed by atoms with E-state index >= 15 is 0 Å². The molecule has 1 atom stereocenters. The molecule has 0 aliphatic carbocycles. The first-order chi connectivity index (χ1) is 9.85. The summed E-state index contributed by atoms with van der Waals surface area (Å²) < 4.78 is 11.0. The van der Waals surface area contributed by atoms with Gasteiger partial charge >= 0.3 is 6.01 Å². The summed E-state index contributed by atoms with van der Waals surface area (Å²) in [7, 11) is 0. The number of piperidine rings is 1. The highest BCUT2D eigenvalue weighted by atomic mass is 16.6. The first-order valence-corrected chi connectivity index (χ1v) is 7.07. The number of hydrogen-bond donors (Lipinski definition) is 2. The summed E-state index contributed by atoms with van der Waals surface area (Å²) in [6.07, 6.45) is 4.44. The first kappa shape index (κ1) is 13.3. The monoisotopic (exact) mass is 280 g/mol. The van der Waals surface area contributed by atoms with E-state index < -0.39 is 0 Å². The summed E-state index contributed by atoms with van der Waals surface area (Å²) in [4.78, 5) is 15.0. The van der Waals surface area contributed by atoms with E-state index in [-0.39, 0.29) is 6.10 Å². The van der Waals surface area contributed by atoms with E-state index in [0.717, 1.165) is 39.0 Å². The summed E-state index contributed by atoms with van der Waals surface area (Å²) in [5.41, 5.74) is 2.47. The summed E-state index contributed by atoms with van der Waals surface area (Å²) in [6.45, 7) is 3.22. The fraction of sp³-hybridized carbons (Fsp3) is 0.750. The lowest BCUT2D eigenvalue weighted by Crippen LogP contribution is -2.32. The number of nitrogens with two attached hydrogens (primary N) is 1. The second-order valence-corrected chi connectivity index (χ2v) is 5.04. The minimum Gasteiger partial charge on any atom is -0.457 e. The maximum Gasteiger partial charge on any atom is 0.323 e. The van der Waals surface area contributed by atoms with Gasteiger partial charge in [0.2, 0.25) is 11.9 Å². The molecule has 110 valence electrons. The van der Waals surface area contributed by atoms with Gasteiger partial charge in [0, 0.05) is 19.5 Å². The lowest BCUT2D eigenvalue weighted by molar-refractivity contribution is 0.134. The first-order valence-electron chi connectivity index (χ1n) is 7.07.